The van der Waals surface area contributed by atoms with Crippen molar-refractivity contribution in [3.05, 3.63) is 91.1 Å². The second-order valence-electron chi connectivity index (χ2n) is 8.17. The Morgan fingerprint density at radius 2 is 1.41 bits per heavy atom. The van der Waals surface area contributed by atoms with E-state index in [0.29, 0.717) is 33.8 Å². The smallest absolute Gasteiger partial charge is 0.273 e. The first-order chi connectivity index (χ1) is 17.9. The molecule has 2 aromatic carbocycles. The Balaban J connectivity index is 1.88. The lowest BCUT2D eigenvalue weighted by Crippen LogP contribution is -2.30. The quantitative estimate of drug-likeness (QED) is 0.373. The summed E-state index contributed by atoms with van der Waals surface area (Å²) in [5.74, 6) is 1.48. The summed E-state index contributed by atoms with van der Waals surface area (Å²) in [6, 6.07) is 20.8. The molecule has 0 fully saturated rings. The van der Waals surface area contributed by atoms with E-state index >= 15 is 0 Å². The maximum atomic E-state index is 13.6. The van der Waals surface area contributed by atoms with Crippen molar-refractivity contribution < 1.29 is 9.47 Å². The minimum Gasteiger partial charge on any atom is -0.494 e. The first-order valence-corrected chi connectivity index (χ1v) is 12.7. The number of hydrogen-bond donors (Lipinski definition) is 0. The van der Waals surface area contributed by atoms with Crippen molar-refractivity contribution in [2.45, 2.75) is 27.7 Å². The van der Waals surface area contributed by atoms with Crippen LogP contribution < -0.4 is 24.2 Å². The fourth-order valence-electron chi connectivity index (χ4n) is 4.19. The number of thiazole rings is 1. The number of nitrogens with zero attached hydrogens (tertiary/aromatic N) is 4. The zero-order chi connectivity index (χ0) is 26.5. The molecule has 186 valence electrons. The van der Waals surface area contributed by atoms with Crippen molar-refractivity contribution >= 4 is 23.0 Å². The summed E-state index contributed by atoms with van der Waals surface area (Å²) >= 11 is 1.13. The molecule has 0 aliphatic rings. The van der Waals surface area contributed by atoms with Crippen molar-refractivity contribution in [1.29, 1.82) is 10.5 Å². The number of aromatic nitrogens is 2. The summed E-state index contributed by atoms with van der Waals surface area (Å²) in [5, 5.41) is 19.1. The van der Waals surface area contributed by atoms with E-state index in [-0.39, 0.29) is 11.1 Å². The molecule has 0 aliphatic carbocycles. The number of rotatable bonds is 7. The molecule has 0 aliphatic heterocycles. The number of nitriles is 2. The third kappa shape index (κ3) is 5.06. The van der Waals surface area contributed by atoms with Gasteiger partial charge in [0, 0.05) is 17.1 Å². The molecular formula is C29H26N4O3S. The summed E-state index contributed by atoms with van der Waals surface area (Å²) < 4.78 is 15.3. The van der Waals surface area contributed by atoms with Crippen LogP contribution in [0.1, 0.15) is 30.8 Å². The van der Waals surface area contributed by atoms with E-state index in [4.69, 9.17) is 9.47 Å². The maximum Gasteiger partial charge on any atom is 0.273 e. The zero-order valence-electron chi connectivity index (χ0n) is 21.1. The summed E-state index contributed by atoms with van der Waals surface area (Å²) in [6.07, 6.45) is 1.82. The van der Waals surface area contributed by atoms with Crippen LogP contribution in [0.25, 0.3) is 23.0 Å². The molecule has 0 saturated heterocycles. The zero-order valence-corrected chi connectivity index (χ0v) is 21.9. The van der Waals surface area contributed by atoms with E-state index < -0.39 is 0 Å². The first kappa shape index (κ1) is 25.6. The van der Waals surface area contributed by atoms with Gasteiger partial charge >= 0.3 is 0 Å². The van der Waals surface area contributed by atoms with Gasteiger partial charge in [0.2, 0.25) is 0 Å². The van der Waals surface area contributed by atoms with E-state index in [1.54, 1.807) is 24.3 Å². The van der Waals surface area contributed by atoms with Crippen LogP contribution in [-0.2, 0) is 0 Å². The van der Waals surface area contributed by atoms with Crippen molar-refractivity contribution in [3.8, 4) is 35.0 Å². The molecule has 7 nitrogen and oxygen atoms in total. The highest BCUT2D eigenvalue weighted by Crippen LogP contribution is 2.23. The van der Waals surface area contributed by atoms with Crippen molar-refractivity contribution in [2.75, 3.05) is 13.2 Å². The van der Waals surface area contributed by atoms with Crippen LogP contribution in [0.4, 0.5) is 0 Å². The third-order valence-electron chi connectivity index (χ3n) is 5.83. The molecular weight excluding hydrogens is 484 g/mol. The summed E-state index contributed by atoms with van der Waals surface area (Å²) in [5.41, 5.74) is 3.99. The molecule has 0 N–H and O–H groups in total. The Hall–Kier alpha value is -4.53. The van der Waals surface area contributed by atoms with Crippen molar-refractivity contribution in [1.82, 2.24) is 9.13 Å². The number of benzene rings is 2. The van der Waals surface area contributed by atoms with Gasteiger partial charge in [0.1, 0.15) is 28.3 Å². The standard InChI is InChI=1S/C29H26N4O3S/c1-5-35-25-11-7-23(8-12-25)32-19(3)15-21(20(32)4)16-27-28(34)33(29(37-27)22(17-30)18-31)24-9-13-26(14-10-24)36-6-2/h7-16H,5-6H2,1-4H3/b27-16+. The lowest BCUT2D eigenvalue weighted by molar-refractivity contribution is 0.340. The molecule has 2 heterocycles. The van der Waals surface area contributed by atoms with Gasteiger partial charge in [0.05, 0.1) is 23.4 Å². The highest BCUT2D eigenvalue weighted by Gasteiger charge is 2.14. The van der Waals surface area contributed by atoms with Crippen LogP contribution in [0.15, 0.2) is 59.4 Å². The lowest BCUT2D eigenvalue weighted by Gasteiger charge is -2.11. The molecule has 0 radical (unpaired) electrons. The minimum atomic E-state index is -0.293. The number of hydrogen-bond acceptors (Lipinski definition) is 6. The fourth-order valence-corrected chi connectivity index (χ4v) is 5.24. The van der Waals surface area contributed by atoms with E-state index in [9.17, 15) is 15.3 Å². The molecule has 37 heavy (non-hydrogen) atoms. The molecule has 4 aromatic rings. The van der Waals surface area contributed by atoms with Crippen molar-refractivity contribution in [3.63, 3.8) is 0 Å². The Labute approximate surface area is 219 Å². The Morgan fingerprint density at radius 3 is 1.89 bits per heavy atom. The SMILES string of the molecule is CCOc1ccc(-n2c(C)cc(/C=c3/sc(=C(C#N)C#N)n(-c4ccc(OCC)cc4)c3=O)c2C)cc1. The second kappa shape index (κ2) is 11.0. The number of ether oxygens (including phenoxy) is 2. The highest BCUT2D eigenvalue weighted by molar-refractivity contribution is 7.07. The van der Waals surface area contributed by atoms with Crippen LogP contribution in [0, 0.1) is 36.5 Å². The largest absolute Gasteiger partial charge is 0.494 e. The average molecular weight is 511 g/mol. The van der Waals surface area contributed by atoms with Gasteiger partial charge < -0.3 is 14.0 Å². The maximum absolute atomic E-state index is 13.6. The molecule has 0 bridgehead atoms. The van der Waals surface area contributed by atoms with E-state index in [2.05, 4.69) is 4.57 Å². The van der Waals surface area contributed by atoms with E-state index in [1.807, 2.05) is 76.2 Å². The Bertz CT molecular complexity index is 1680. The number of aryl methyl sites for hydroxylation is 1. The van der Waals surface area contributed by atoms with Gasteiger partial charge in [-0.15, -0.1) is 11.3 Å². The van der Waals surface area contributed by atoms with Gasteiger partial charge in [0.25, 0.3) is 5.56 Å². The summed E-state index contributed by atoms with van der Waals surface area (Å²) in [7, 11) is 0. The second-order valence-corrected chi connectivity index (χ2v) is 9.20. The van der Waals surface area contributed by atoms with E-state index in [1.165, 1.54) is 4.57 Å². The van der Waals surface area contributed by atoms with Crippen LogP contribution in [0.2, 0.25) is 0 Å². The monoisotopic (exact) mass is 510 g/mol. The van der Waals surface area contributed by atoms with Gasteiger partial charge in [-0.3, -0.25) is 9.36 Å². The third-order valence-corrected chi connectivity index (χ3v) is 6.92. The molecule has 2 aromatic heterocycles. The predicted octanol–water partition coefficient (Wildman–Crippen LogP) is 4.13. The molecule has 4 rings (SSSR count). The van der Waals surface area contributed by atoms with Gasteiger partial charge in [-0.2, -0.15) is 10.5 Å². The van der Waals surface area contributed by atoms with Crippen LogP contribution in [0.3, 0.4) is 0 Å². The van der Waals surface area contributed by atoms with Crippen molar-refractivity contribution in [2.24, 2.45) is 0 Å². The van der Waals surface area contributed by atoms with Gasteiger partial charge in [-0.25, -0.2) is 0 Å². The Morgan fingerprint density at radius 1 is 0.892 bits per heavy atom. The molecule has 0 amide bonds. The Kier molecular flexibility index (Phi) is 7.62. The average Bonchev–Trinajstić information content (AvgIpc) is 3.36. The highest BCUT2D eigenvalue weighted by atomic mass is 32.1. The fraction of sp³-hybridized carbons (Fsp3) is 0.207. The van der Waals surface area contributed by atoms with Gasteiger partial charge in [-0.05, 0) is 93.9 Å². The topological polar surface area (TPSA) is 93.0 Å². The molecule has 0 saturated carbocycles. The van der Waals surface area contributed by atoms with E-state index in [0.717, 1.165) is 39.7 Å². The lowest BCUT2D eigenvalue weighted by atomic mass is 10.2. The first-order valence-electron chi connectivity index (χ1n) is 11.8. The van der Waals surface area contributed by atoms with Crippen LogP contribution in [0.5, 0.6) is 11.5 Å². The van der Waals surface area contributed by atoms with Gasteiger partial charge in [0.15, 0.2) is 5.57 Å². The molecule has 0 atom stereocenters. The van der Waals surface area contributed by atoms with Crippen LogP contribution >= 0.6 is 11.3 Å². The predicted molar refractivity (Wildman–Crippen MR) is 145 cm³/mol. The summed E-state index contributed by atoms with van der Waals surface area (Å²) in [4.78, 5) is 13.6. The minimum absolute atomic E-state index is 0.115. The normalized spacial score (nSPS) is 11.1. The van der Waals surface area contributed by atoms with Crippen LogP contribution in [-0.4, -0.2) is 22.3 Å². The molecule has 0 unspecified atom stereocenters. The molecule has 8 heteroatoms. The van der Waals surface area contributed by atoms with Gasteiger partial charge in [-0.1, -0.05) is 0 Å². The summed E-state index contributed by atoms with van der Waals surface area (Å²) in [6.45, 7) is 8.98. The molecule has 0 spiro atoms.